The van der Waals surface area contributed by atoms with Crippen LogP contribution in [-0.4, -0.2) is 38.6 Å². The summed E-state index contributed by atoms with van der Waals surface area (Å²) < 4.78 is 0. The Morgan fingerprint density at radius 3 is 2.64 bits per heavy atom. The minimum absolute atomic E-state index is 0.0826. The Morgan fingerprint density at radius 1 is 1.14 bits per heavy atom. The Bertz CT molecular complexity index is 848. The number of hydrogen-bond acceptors (Lipinski definition) is 5. The number of nitrogens with zero attached hydrogens (tertiary/aromatic N) is 2. The normalized spacial score (nSPS) is 17.9. The van der Waals surface area contributed by atoms with Crippen molar-refractivity contribution < 1.29 is 15.0 Å². The summed E-state index contributed by atoms with van der Waals surface area (Å²) in [4.78, 5) is 19.2. The number of carbonyl (C=O) groups is 1. The van der Waals surface area contributed by atoms with E-state index in [9.17, 15) is 15.0 Å². The van der Waals surface area contributed by atoms with Gasteiger partial charge in [-0.15, -0.1) is 0 Å². The van der Waals surface area contributed by atoms with Gasteiger partial charge in [-0.1, -0.05) is 49.6 Å². The van der Waals surface area contributed by atoms with Gasteiger partial charge in [0.2, 0.25) is 5.88 Å². The summed E-state index contributed by atoms with van der Waals surface area (Å²) in [6, 6.07) is 10.3. The first-order valence-corrected chi connectivity index (χ1v) is 10.1. The van der Waals surface area contributed by atoms with Crippen molar-refractivity contribution in [3.63, 3.8) is 0 Å². The zero-order valence-corrected chi connectivity index (χ0v) is 16.0. The number of benzene rings is 1. The van der Waals surface area contributed by atoms with Crippen LogP contribution in [0.5, 0.6) is 11.6 Å². The van der Waals surface area contributed by atoms with Gasteiger partial charge in [0.25, 0.3) is 5.91 Å². The zero-order valence-electron chi connectivity index (χ0n) is 16.0. The Morgan fingerprint density at radius 2 is 1.89 bits per heavy atom. The molecule has 1 aromatic heterocycles. The lowest BCUT2D eigenvalue weighted by molar-refractivity contribution is 0.0920. The fraction of sp³-hybridized carbons (Fsp3) is 0.455. The maximum atomic E-state index is 12.7. The molecule has 0 radical (unpaired) electrons. The highest BCUT2D eigenvalue weighted by Gasteiger charge is 2.29. The van der Waals surface area contributed by atoms with Gasteiger partial charge in [-0.2, -0.15) is 0 Å². The molecule has 0 spiro atoms. The van der Waals surface area contributed by atoms with E-state index in [2.05, 4.69) is 27.3 Å². The summed E-state index contributed by atoms with van der Waals surface area (Å²) in [7, 11) is 0. The summed E-state index contributed by atoms with van der Waals surface area (Å²) in [5.41, 5.74) is 2.45. The highest BCUT2D eigenvalue weighted by Crippen LogP contribution is 2.35. The van der Waals surface area contributed by atoms with Crippen LogP contribution in [0.4, 0.5) is 0 Å². The van der Waals surface area contributed by atoms with Crippen molar-refractivity contribution in [1.82, 2.24) is 15.2 Å². The molecule has 1 fully saturated rings. The predicted molar refractivity (Wildman–Crippen MR) is 106 cm³/mol. The second-order valence-corrected chi connectivity index (χ2v) is 7.84. The van der Waals surface area contributed by atoms with Crippen molar-refractivity contribution in [3.8, 4) is 11.6 Å². The molecule has 0 atom stereocenters. The Hall–Kier alpha value is -2.60. The van der Waals surface area contributed by atoms with Gasteiger partial charge in [0.05, 0.1) is 5.69 Å². The second kappa shape index (κ2) is 8.19. The van der Waals surface area contributed by atoms with Gasteiger partial charge in [-0.25, -0.2) is 4.98 Å². The van der Waals surface area contributed by atoms with Crippen molar-refractivity contribution in [3.05, 3.63) is 52.7 Å². The van der Waals surface area contributed by atoms with Crippen molar-refractivity contribution in [1.29, 1.82) is 0 Å². The van der Waals surface area contributed by atoms with Crippen LogP contribution in [0.15, 0.2) is 30.3 Å². The lowest BCUT2D eigenvalue weighted by Crippen LogP contribution is -2.37. The molecule has 2 heterocycles. The molecule has 2 aromatic rings. The lowest BCUT2D eigenvalue weighted by atomic mass is 9.95. The molecular weight excluding hydrogens is 354 g/mol. The number of fused-ring (bicyclic) bond motifs is 1. The maximum absolute atomic E-state index is 12.7. The third kappa shape index (κ3) is 3.97. The van der Waals surface area contributed by atoms with Crippen molar-refractivity contribution >= 4 is 5.91 Å². The molecule has 1 aliphatic heterocycles. The van der Waals surface area contributed by atoms with Gasteiger partial charge in [0.15, 0.2) is 0 Å². The molecule has 3 N–H and O–H groups in total. The summed E-state index contributed by atoms with van der Waals surface area (Å²) in [6.45, 7) is 2.09. The van der Waals surface area contributed by atoms with E-state index in [0.717, 1.165) is 38.8 Å². The third-order valence-electron chi connectivity index (χ3n) is 5.80. The third-order valence-corrected chi connectivity index (χ3v) is 5.80. The smallest absolute Gasteiger partial charge is 0.260 e. The number of aromatic nitrogens is 1. The Labute approximate surface area is 165 Å². The van der Waals surface area contributed by atoms with E-state index in [-0.39, 0.29) is 23.2 Å². The SMILES string of the molecule is O=C(NC1CCCCC1)c1c(O)nc2c(c1O)CCN(Cc1ccccc1)C2. The van der Waals surface area contributed by atoms with Gasteiger partial charge in [0.1, 0.15) is 11.3 Å². The largest absolute Gasteiger partial charge is 0.507 e. The van der Waals surface area contributed by atoms with Crippen molar-refractivity contribution in [2.45, 2.75) is 57.7 Å². The van der Waals surface area contributed by atoms with Crippen molar-refractivity contribution in [2.24, 2.45) is 0 Å². The van der Waals surface area contributed by atoms with Crippen LogP contribution in [0.1, 0.15) is 59.3 Å². The number of pyridine rings is 1. The number of nitrogens with one attached hydrogen (secondary N) is 1. The second-order valence-electron chi connectivity index (χ2n) is 7.84. The van der Waals surface area contributed by atoms with E-state index >= 15 is 0 Å². The van der Waals surface area contributed by atoms with Crippen molar-refractivity contribution in [2.75, 3.05) is 6.54 Å². The van der Waals surface area contributed by atoms with Gasteiger partial charge >= 0.3 is 0 Å². The van der Waals surface area contributed by atoms with Gasteiger partial charge in [-0.05, 0) is 24.8 Å². The zero-order chi connectivity index (χ0) is 19.5. The van der Waals surface area contributed by atoms with Crippen LogP contribution in [0.25, 0.3) is 0 Å². The van der Waals surface area contributed by atoms with E-state index in [1.807, 2.05) is 18.2 Å². The standard InChI is InChI=1S/C22H27N3O3/c26-20-17-11-12-25(13-15-7-3-1-4-8-15)14-18(17)24-22(28)19(20)21(27)23-16-9-5-2-6-10-16/h1,3-4,7-8,16H,2,5-6,9-14H2,(H,23,27)(H2,24,26,28). The molecule has 6 nitrogen and oxygen atoms in total. The molecule has 1 saturated carbocycles. The first-order chi connectivity index (χ1) is 13.6. The quantitative estimate of drug-likeness (QED) is 0.758. The summed E-state index contributed by atoms with van der Waals surface area (Å²) >= 11 is 0. The van der Waals surface area contributed by atoms with E-state index in [0.29, 0.717) is 24.2 Å². The molecule has 0 bridgehead atoms. The number of aromatic hydroxyl groups is 2. The van der Waals surface area contributed by atoms with Crippen LogP contribution in [0, 0.1) is 0 Å². The molecule has 1 aromatic carbocycles. The van der Waals surface area contributed by atoms with Crippen LogP contribution in [0.3, 0.4) is 0 Å². The van der Waals surface area contributed by atoms with Crippen LogP contribution < -0.4 is 5.32 Å². The fourth-order valence-corrected chi connectivity index (χ4v) is 4.29. The monoisotopic (exact) mass is 381 g/mol. The highest BCUT2D eigenvalue weighted by atomic mass is 16.3. The molecule has 4 rings (SSSR count). The Balaban J connectivity index is 1.51. The molecular formula is C22H27N3O3. The average Bonchev–Trinajstić information content (AvgIpc) is 2.69. The number of rotatable bonds is 4. The molecule has 1 amide bonds. The summed E-state index contributed by atoms with van der Waals surface area (Å²) in [5, 5.41) is 24.0. The molecule has 6 heteroatoms. The minimum Gasteiger partial charge on any atom is -0.507 e. The minimum atomic E-state index is -0.427. The first-order valence-electron chi connectivity index (χ1n) is 10.1. The number of hydrogen-bond donors (Lipinski definition) is 3. The molecule has 2 aliphatic rings. The van der Waals surface area contributed by atoms with E-state index < -0.39 is 5.91 Å². The summed E-state index contributed by atoms with van der Waals surface area (Å²) in [5.74, 6) is -0.926. The van der Waals surface area contributed by atoms with E-state index in [4.69, 9.17) is 0 Å². The summed E-state index contributed by atoms with van der Waals surface area (Å²) in [6.07, 6.45) is 5.89. The molecule has 148 valence electrons. The molecule has 0 saturated heterocycles. The molecule has 0 unspecified atom stereocenters. The Kier molecular flexibility index (Phi) is 5.48. The molecule has 28 heavy (non-hydrogen) atoms. The topological polar surface area (TPSA) is 85.7 Å². The highest BCUT2D eigenvalue weighted by molar-refractivity contribution is 5.99. The molecule has 1 aliphatic carbocycles. The average molecular weight is 381 g/mol. The fourth-order valence-electron chi connectivity index (χ4n) is 4.29. The predicted octanol–water partition coefficient (Wildman–Crippen LogP) is 3.11. The number of carbonyl (C=O) groups excluding carboxylic acids is 1. The van der Waals surface area contributed by atoms with Crippen LogP contribution >= 0.6 is 0 Å². The van der Waals surface area contributed by atoms with Gasteiger partial charge in [-0.3, -0.25) is 9.69 Å². The first kappa shape index (κ1) is 18.7. The lowest BCUT2D eigenvalue weighted by Gasteiger charge is -2.29. The number of amides is 1. The maximum Gasteiger partial charge on any atom is 0.260 e. The van der Waals surface area contributed by atoms with E-state index in [1.165, 1.54) is 12.0 Å². The van der Waals surface area contributed by atoms with Crippen LogP contribution in [-0.2, 0) is 19.5 Å². The van der Waals surface area contributed by atoms with Crippen LogP contribution in [0.2, 0.25) is 0 Å². The van der Waals surface area contributed by atoms with Gasteiger partial charge < -0.3 is 15.5 Å². The van der Waals surface area contributed by atoms with E-state index in [1.54, 1.807) is 0 Å². The van der Waals surface area contributed by atoms with Gasteiger partial charge in [0, 0.05) is 31.2 Å².